The number of alkyl halides is 3. The molecule has 2 nitrogen and oxygen atoms in total. The van der Waals surface area contributed by atoms with Gasteiger partial charge in [0.05, 0.1) is 5.56 Å². The van der Waals surface area contributed by atoms with Gasteiger partial charge in [0.2, 0.25) is 0 Å². The molecule has 0 saturated heterocycles. The van der Waals surface area contributed by atoms with E-state index < -0.39 is 11.7 Å². The van der Waals surface area contributed by atoms with Gasteiger partial charge in [0.25, 0.3) is 0 Å². The van der Waals surface area contributed by atoms with Crippen LogP contribution in [0.4, 0.5) is 13.2 Å². The maximum absolute atomic E-state index is 12.7. The van der Waals surface area contributed by atoms with E-state index in [0.717, 1.165) is 36.4 Å². The molecule has 1 aliphatic heterocycles. The third-order valence-electron chi connectivity index (χ3n) is 4.19. The minimum absolute atomic E-state index is 0.0191. The summed E-state index contributed by atoms with van der Waals surface area (Å²) < 4.78 is 38.0. The van der Waals surface area contributed by atoms with Gasteiger partial charge in [-0.1, -0.05) is 24.3 Å². The zero-order valence-electron chi connectivity index (χ0n) is 14.0. The van der Waals surface area contributed by atoms with Crippen molar-refractivity contribution in [3.8, 4) is 0 Å². The number of benzene rings is 1. The van der Waals surface area contributed by atoms with E-state index in [1.807, 2.05) is 28.1 Å². The fourth-order valence-corrected chi connectivity index (χ4v) is 2.64. The molecule has 23 heavy (non-hydrogen) atoms. The molecular weight excluding hydrogens is 301 g/mol. The topological polar surface area (TPSA) is 6.48 Å². The van der Waals surface area contributed by atoms with Gasteiger partial charge in [-0.2, -0.15) is 13.2 Å². The van der Waals surface area contributed by atoms with Crippen molar-refractivity contribution in [1.29, 1.82) is 0 Å². The smallest absolute Gasteiger partial charge is 0.352 e. The molecule has 0 N–H and O–H groups in total. The van der Waals surface area contributed by atoms with Gasteiger partial charge in [0.15, 0.2) is 0 Å². The minimum atomic E-state index is -4.29. The van der Waals surface area contributed by atoms with Gasteiger partial charge in [0, 0.05) is 37.3 Å². The molecule has 1 aliphatic rings. The van der Waals surface area contributed by atoms with Crippen LogP contribution in [0, 0.1) is 0 Å². The quantitative estimate of drug-likeness (QED) is 0.806. The molecular formula is C18H23F3N2. The van der Waals surface area contributed by atoms with E-state index in [1.54, 1.807) is 12.1 Å². The van der Waals surface area contributed by atoms with E-state index in [1.165, 1.54) is 5.70 Å². The molecule has 1 aromatic carbocycles. The molecule has 0 aliphatic carbocycles. The van der Waals surface area contributed by atoms with Crippen LogP contribution in [0.5, 0.6) is 0 Å². The predicted molar refractivity (Wildman–Crippen MR) is 87.0 cm³/mol. The summed E-state index contributed by atoms with van der Waals surface area (Å²) in [5.41, 5.74) is 2.59. The van der Waals surface area contributed by atoms with Gasteiger partial charge in [-0.05, 0) is 38.7 Å². The van der Waals surface area contributed by atoms with Crippen LogP contribution in [0.2, 0.25) is 0 Å². The van der Waals surface area contributed by atoms with Gasteiger partial charge in [-0.25, -0.2) is 0 Å². The number of hydrogen-bond donors (Lipinski definition) is 0. The molecule has 1 unspecified atom stereocenters. The first-order valence-electron chi connectivity index (χ1n) is 7.63. The number of nitrogens with zero attached hydrogens (tertiary/aromatic N) is 2. The predicted octanol–water partition coefficient (Wildman–Crippen LogP) is 4.47. The maximum atomic E-state index is 12.7. The molecule has 0 aromatic heterocycles. The first-order valence-corrected chi connectivity index (χ1v) is 7.63. The number of rotatable bonds is 4. The minimum Gasteiger partial charge on any atom is -0.352 e. The lowest BCUT2D eigenvalue weighted by Gasteiger charge is -2.31. The molecule has 2 rings (SSSR count). The van der Waals surface area contributed by atoms with Crippen molar-refractivity contribution in [3.05, 3.63) is 58.9 Å². The Hall–Kier alpha value is -1.75. The van der Waals surface area contributed by atoms with Crippen molar-refractivity contribution >= 4 is 0 Å². The summed E-state index contributed by atoms with van der Waals surface area (Å²) in [5.74, 6) is 0.0191. The molecule has 0 spiro atoms. The maximum Gasteiger partial charge on any atom is 0.416 e. The standard InChI is InChI=1S/C18H23F3N2/c1-13-11-15(12-17(23(13)4)9-10-22(2)3)14-5-7-16(8-6-14)18(19,20)21/h5-8,11-12,15H,9-10H2,1-4H3. The average Bonchev–Trinajstić information content (AvgIpc) is 2.47. The Morgan fingerprint density at radius 1 is 1.09 bits per heavy atom. The van der Waals surface area contributed by atoms with Crippen LogP contribution in [-0.2, 0) is 6.18 Å². The largest absolute Gasteiger partial charge is 0.416 e. The van der Waals surface area contributed by atoms with Crippen molar-refractivity contribution in [2.45, 2.75) is 25.4 Å². The highest BCUT2D eigenvalue weighted by Gasteiger charge is 2.30. The third kappa shape index (κ3) is 4.38. The number of allylic oxidation sites excluding steroid dienone is 3. The second-order valence-corrected chi connectivity index (χ2v) is 6.22. The number of halogens is 3. The highest BCUT2D eigenvalue weighted by Crippen LogP contribution is 2.33. The lowest BCUT2D eigenvalue weighted by atomic mass is 9.92. The van der Waals surface area contributed by atoms with E-state index in [0.29, 0.717) is 0 Å². The molecule has 0 amide bonds. The van der Waals surface area contributed by atoms with Crippen molar-refractivity contribution in [2.75, 3.05) is 27.7 Å². The highest BCUT2D eigenvalue weighted by molar-refractivity contribution is 5.37. The monoisotopic (exact) mass is 324 g/mol. The zero-order valence-corrected chi connectivity index (χ0v) is 14.0. The van der Waals surface area contributed by atoms with Gasteiger partial charge in [-0.15, -0.1) is 0 Å². The second-order valence-electron chi connectivity index (χ2n) is 6.22. The van der Waals surface area contributed by atoms with Crippen molar-refractivity contribution in [3.63, 3.8) is 0 Å². The Labute approximate surface area is 135 Å². The molecule has 1 aromatic rings. The first kappa shape index (κ1) is 17.6. The van der Waals surface area contributed by atoms with Crippen molar-refractivity contribution < 1.29 is 13.2 Å². The fourth-order valence-electron chi connectivity index (χ4n) is 2.64. The Morgan fingerprint density at radius 2 is 1.70 bits per heavy atom. The lowest BCUT2D eigenvalue weighted by molar-refractivity contribution is -0.137. The van der Waals surface area contributed by atoms with Crippen molar-refractivity contribution in [2.24, 2.45) is 0 Å². The van der Waals surface area contributed by atoms with E-state index in [-0.39, 0.29) is 5.92 Å². The summed E-state index contributed by atoms with van der Waals surface area (Å²) in [7, 11) is 6.08. The molecule has 126 valence electrons. The summed E-state index contributed by atoms with van der Waals surface area (Å²) in [5, 5.41) is 0. The summed E-state index contributed by atoms with van der Waals surface area (Å²) in [4.78, 5) is 4.26. The van der Waals surface area contributed by atoms with Crippen LogP contribution >= 0.6 is 0 Å². The molecule has 0 fully saturated rings. The Kier molecular flexibility index (Phi) is 5.19. The number of hydrogen-bond acceptors (Lipinski definition) is 2. The van der Waals surface area contributed by atoms with E-state index in [2.05, 4.69) is 22.0 Å². The van der Waals surface area contributed by atoms with Crippen LogP contribution in [0.1, 0.15) is 30.4 Å². The molecule has 0 radical (unpaired) electrons. The molecule has 5 heteroatoms. The van der Waals surface area contributed by atoms with Crippen molar-refractivity contribution in [1.82, 2.24) is 9.80 Å². The van der Waals surface area contributed by atoms with Gasteiger partial charge in [-0.3, -0.25) is 0 Å². The van der Waals surface area contributed by atoms with Crippen LogP contribution in [0.25, 0.3) is 0 Å². The van der Waals surface area contributed by atoms with Gasteiger partial charge >= 0.3 is 6.18 Å². The van der Waals surface area contributed by atoms with Crippen LogP contribution in [0.3, 0.4) is 0 Å². The average molecular weight is 324 g/mol. The molecule has 1 atom stereocenters. The van der Waals surface area contributed by atoms with E-state index in [9.17, 15) is 13.2 Å². The summed E-state index contributed by atoms with van der Waals surface area (Å²) in [6.45, 7) is 2.96. The molecule has 0 bridgehead atoms. The normalized spacial score (nSPS) is 19.0. The first-order chi connectivity index (χ1) is 10.7. The lowest BCUT2D eigenvalue weighted by Crippen LogP contribution is -2.24. The van der Waals surface area contributed by atoms with Crippen LogP contribution < -0.4 is 0 Å². The fraction of sp³-hybridized carbons (Fsp3) is 0.444. The van der Waals surface area contributed by atoms with Gasteiger partial charge < -0.3 is 9.80 Å². The van der Waals surface area contributed by atoms with E-state index in [4.69, 9.17) is 0 Å². The Morgan fingerprint density at radius 3 is 2.22 bits per heavy atom. The second kappa shape index (κ2) is 6.79. The molecule has 1 heterocycles. The van der Waals surface area contributed by atoms with Crippen LogP contribution in [-0.4, -0.2) is 37.5 Å². The Balaban J connectivity index is 2.23. The Bertz CT molecular complexity index is 598. The summed E-state index contributed by atoms with van der Waals surface area (Å²) in [6, 6.07) is 5.46. The highest BCUT2D eigenvalue weighted by atomic mass is 19.4. The third-order valence-corrected chi connectivity index (χ3v) is 4.19. The zero-order chi connectivity index (χ0) is 17.2. The SMILES string of the molecule is CC1=CC(c2ccc(C(F)(F)F)cc2)C=C(CCN(C)C)N1C. The van der Waals surface area contributed by atoms with Crippen LogP contribution in [0.15, 0.2) is 47.8 Å². The molecule has 0 saturated carbocycles. The van der Waals surface area contributed by atoms with E-state index >= 15 is 0 Å². The van der Waals surface area contributed by atoms with Gasteiger partial charge in [0.1, 0.15) is 0 Å². The summed E-state index contributed by atoms with van der Waals surface area (Å²) >= 11 is 0. The summed E-state index contributed by atoms with van der Waals surface area (Å²) in [6.07, 6.45) is 0.844.